The van der Waals surface area contributed by atoms with Crippen LogP contribution in [0.5, 0.6) is 0 Å². The Morgan fingerprint density at radius 3 is 2.77 bits per heavy atom. The number of likely N-dealkylation sites (N-methyl/N-ethyl adjacent to an activating group) is 1. The third-order valence-corrected chi connectivity index (χ3v) is 4.97. The fourth-order valence-electron chi connectivity index (χ4n) is 2.58. The van der Waals surface area contributed by atoms with Gasteiger partial charge in [-0.15, -0.1) is 11.3 Å². The molecular formula is C18H24N6OS. The molecule has 0 bridgehead atoms. The predicted molar refractivity (Wildman–Crippen MR) is 106 cm³/mol. The van der Waals surface area contributed by atoms with E-state index in [1.807, 2.05) is 56.0 Å². The summed E-state index contributed by atoms with van der Waals surface area (Å²) in [5.74, 6) is 0.713. The van der Waals surface area contributed by atoms with E-state index in [2.05, 4.69) is 20.3 Å². The molecule has 0 aliphatic heterocycles. The molecule has 1 aromatic carbocycles. The van der Waals surface area contributed by atoms with E-state index in [0.29, 0.717) is 12.4 Å². The topological polar surface area (TPSA) is 66.3 Å². The quantitative estimate of drug-likeness (QED) is 0.722. The highest BCUT2D eigenvalue weighted by Gasteiger charge is 2.15. The largest absolute Gasteiger partial charge is 0.323 e. The summed E-state index contributed by atoms with van der Waals surface area (Å²) in [5, 5.41) is 8.33. The first kappa shape index (κ1) is 18.3. The third-order valence-electron chi connectivity index (χ3n) is 3.95. The summed E-state index contributed by atoms with van der Waals surface area (Å²) in [7, 11) is 5.80. The third kappa shape index (κ3) is 4.39. The lowest BCUT2D eigenvalue weighted by Crippen LogP contribution is -2.32. The average Bonchev–Trinajstić information content (AvgIpc) is 3.15. The zero-order chi connectivity index (χ0) is 18.7. The van der Waals surface area contributed by atoms with Gasteiger partial charge in [0, 0.05) is 19.7 Å². The number of carbonyl (C=O) groups is 1. The summed E-state index contributed by atoms with van der Waals surface area (Å²) in [5.41, 5.74) is 1.85. The number of nitrogens with one attached hydrogen (secondary N) is 1. The van der Waals surface area contributed by atoms with Gasteiger partial charge < -0.3 is 9.80 Å². The Bertz CT molecular complexity index is 867. The first-order valence-corrected chi connectivity index (χ1v) is 9.30. The van der Waals surface area contributed by atoms with Crippen LogP contribution in [0.2, 0.25) is 0 Å². The lowest BCUT2D eigenvalue weighted by molar-refractivity contribution is 0.220. The number of rotatable bonds is 6. The van der Waals surface area contributed by atoms with Gasteiger partial charge in [-0.3, -0.25) is 5.32 Å². The molecule has 0 radical (unpaired) electrons. The molecule has 0 unspecified atom stereocenters. The van der Waals surface area contributed by atoms with Crippen molar-refractivity contribution in [1.82, 2.24) is 24.6 Å². The Labute approximate surface area is 157 Å². The number of aryl methyl sites for hydroxylation is 1. The monoisotopic (exact) mass is 372 g/mol. The van der Waals surface area contributed by atoms with E-state index in [9.17, 15) is 4.79 Å². The first-order chi connectivity index (χ1) is 12.4. The van der Waals surface area contributed by atoms with Crippen molar-refractivity contribution in [3.8, 4) is 0 Å². The SMILES string of the molecule is Cc1cc(NC(=O)N(C)Cc2nc3ccccc3s2)n(CCN(C)C)n1. The molecule has 8 heteroatoms. The molecule has 26 heavy (non-hydrogen) atoms. The number of anilines is 1. The molecule has 0 aliphatic rings. The molecule has 0 spiro atoms. The number of para-hydroxylation sites is 1. The van der Waals surface area contributed by atoms with Crippen molar-refractivity contribution in [3.05, 3.63) is 41.0 Å². The first-order valence-electron chi connectivity index (χ1n) is 8.48. The summed E-state index contributed by atoms with van der Waals surface area (Å²) in [6.07, 6.45) is 0. The molecule has 0 aliphatic carbocycles. The second-order valence-electron chi connectivity index (χ2n) is 6.56. The average molecular weight is 372 g/mol. The molecular weight excluding hydrogens is 348 g/mol. The number of carbonyl (C=O) groups excluding carboxylic acids is 1. The summed E-state index contributed by atoms with van der Waals surface area (Å²) in [4.78, 5) is 20.9. The van der Waals surface area contributed by atoms with Gasteiger partial charge in [-0.1, -0.05) is 12.1 Å². The summed E-state index contributed by atoms with van der Waals surface area (Å²) < 4.78 is 2.97. The highest BCUT2D eigenvalue weighted by atomic mass is 32.1. The molecule has 3 rings (SSSR count). The highest BCUT2D eigenvalue weighted by molar-refractivity contribution is 7.18. The van der Waals surface area contributed by atoms with E-state index in [1.54, 1.807) is 23.3 Å². The Morgan fingerprint density at radius 2 is 2.04 bits per heavy atom. The molecule has 2 amide bonds. The second-order valence-corrected chi connectivity index (χ2v) is 7.67. The minimum atomic E-state index is -0.171. The van der Waals surface area contributed by atoms with Crippen LogP contribution in [0.15, 0.2) is 30.3 Å². The molecule has 2 heterocycles. The lowest BCUT2D eigenvalue weighted by atomic mass is 10.3. The van der Waals surface area contributed by atoms with Crippen LogP contribution in [0.25, 0.3) is 10.2 Å². The van der Waals surface area contributed by atoms with Crippen LogP contribution >= 0.6 is 11.3 Å². The van der Waals surface area contributed by atoms with E-state index >= 15 is 0 Å². The Morgan fingerprint density at radius 1 is 1.27 bits per heavy atom. The fourth-order valence-corrected chi connectivity index (χ4v) is 3.60. The minimum absolute atomic E-state index is 0.171. The van der Waals surface area contributed by atoms with Gasteiger partial charge in [0.1, 0.15) is 10.8 Å². The number of amides is 2. The molecule has 0 fully saturated rings. The maximum absolute atomic E-state index is 12.6. The van der Waals surface area contributed by atoms with E-state index in [-0.39, 0.29) is 6.03 Å². The van der Waals surface area contributed by atoms with Crippen LogP contribution in [0.4, 0.5) is 10.6 Å². The maximum Gasteiger partial charge on any atom is 0.323 e. The van der Waals surface area contributed by atoms with Crippen LogP contribution in [-0.4, -0.2) is 58.3 Å². The van der Waals surface area contributed by atoms with Crippen LogP contribution in [0, 0.1) is 6.92 Å². The fraction of sp³-hybridized carbons (Fsp3) is 0.389. The number of benzene rings is 1. The number of fused-ring (bicyclic) bond motifs is 1. The number of hydrogen-bond donors (Lipinski definition) is 1. The molecule has 0 saturated heterocycles. The highest BCUT2D eigenvalue weighted by Crippen LogP contribution is 2.22. The van der Waals surface area contributed by atoms with E-state index in [4.69, 9.17) is 0 Å². The van der Waals surface area contributed by atoms with Gasteiger partial charge in [-0.2, -0.15) is 5.10 Å². The zero-order valence-electron chi connectivity index (χ0n) is 15.6. The van der Waals surface area contributed by atoms with E-state index < -0.39 is 0 Å². The van der Waals surface area contributed by atoms with Crippen molar-refractivity contribution in [3.63, 3.8) is 0 Å². The normalized spacial score (nSPS) is 11.3. The van der Waals surface area contributed by atoms with Gasteiger partial charge in [0.2, 0.25) is 0 Å². The van der Waals surface area contributed by atoms with Crippen molar-refractivity contribution < 1.29 is 4.79 Å². The summed E-state index contributed by atoms with van der Waals surface area (Å²) in [6, 6.07) is 9.72. The van der Waals surface area contributed by atoms with Gasteiger partial charge in [-0.25, -0.2) is 14.5 Å². The number of hydrogen-bond acceptors (Lipinski definition) is 5. The zero-order valence-corrected chi connectivity index (χ0v) is 16.4. The van der Waals surface area contributed by atoms with Crippen molar-refractivity contribution in [2.24, 2.45) is 0 Å². The second kappa shape index (κ2) is 7.84. The number of aromatic nitrogens is 3. The van der Waals surface area contributed by atoms with Gasteiger partial charge in [0.15, 0.2) is 0 Å². The minimum Gasteiger partial charge on any atom is -0.321 e. The van der Waals surface area contributed by atoms with Gasteiger partial charge in [0.25, 0.3) is 0 Å². The van der Waals surface area contributed by atoms with Crippen LogP contribution < -0.4 is 5.32 Å². The number of urea groups is 1. The van der Waals surface area contributed by atoms with Gasteiger partial charge in [-0.05, 0) is 33.2 Å². The predicted octanol–water partition coefficient (Wildman–Crippen LogP) is 3.03. The Hall–Kier alpha value is -2.45. The van der Waals surface area contributed by atoms with Crippen LogP contribution in [-0.2, 0) is 13.1 Å². The van der Waals surface area contributed by atoms with E-state index in [1.165, 1.54) is 0 Å². The Balaban J connectivity index is 1.65. The van der Waals surface area contributed by atoms with Crippen molar-refractivity contribution >= 4 is 33.4 Å². The smallest absolute Gasteiger partial charge is 0.321 e. The van der Waals surface area contributed by atoms with Gasteiger partial charge >= 0.3 is 6.03 Å². The maximum atomic E-state index is 12.6. The van der Waals surface area contributed by atoms with E-state index in [0.717, 1.165) is 34.0 Å². The number of nitrogens with zero attached hydrogens (tertiary/aromatic N) is 5. The van der Waals surface area contributed by atoms with Crippen molar-refractivity contribution in [1.29, 1.82) is 0 Å². The Kier molecular flexibility index (Phi) is 5.53. The molecule has 7 nitrogen and oxygen atoms in total. The van der Waals surface area contributed by atoms with Crippen LogP contribution in [0.1, 0.15) is 10.7 Å². The number of thiazole rings is 1. The molecule has 3 aromatic rings. The van der Waals surface area contributed by atoms with Gasteiger partial charge in [0.05, 0.1) is 29.0 Å². The molecule has 138 valence electrons. The molecule has 2 aromatic heterocycles. The van der Waals surface area contributed by atoms with Crippen molar-refractivity contribution in [2.75, 3.05) is 33.0 Å². The van der Waals surface area contributed by atoms with Crippen molar-refractivity contribution in [2.45, 2.75) is 20.0 Å². The lowest BCUT2D eigenvalue weighted by Gasteiger charge is -2.17. The molecule has 0 atom stereocenters. The molecule has 0 saturated carbocycles. The summed E-state index contributed by atoms with van der Waals surface area (Å²) in [6.45, 7) is 3.96. The molecule has 1 N–H and O–H groups in total. The summed E-state index contributed by atoms with van der Waals surface area (Å²) >= 11 is 1.61. The van der Waals surface area contributed by atoms with Crippen LogP contribution in [0.3, 0.4) is 0 Å². The standard InChI is InChI=1S/C18H24N6OS/c1-13-11-16(24(21-13)10-9-22(2)3)20-18(25)23(4)12-17-19-14-7-5-6-8-15(14)26-17/h5-8,11H,9-10,12H2,1-4H3,(H,20,25).